The molecule has 100 valence electrons. The molecule has 0 aliphatic rings. The summed E-state index contributed by atoms with van der Waals surface area (Å²) in [7, 11) is 0. The van der Waals surface area contributed by atoms with Crippen molar-refractivity contribution in [1.29, 1.82) is 5.26 Å². The zero-order valence-corrected chi connectivity index (χ0v) is 12.2. The molecule has 19 heavy (non-hydrogen) atoms. The Labute approximate surface area is 117 Å². The maximum absolute atomic E-state index is 11.2. The van der Waals surface area contributed by atoms with Gasteiger partial charge in [-0.1, -0.05) is 11.8 Å². The molecule has 1 aromatic rings. The second-order valence-electron chi connectivity index (χ2n) is 3.99. The number of carbonyl (C=O) groups excluding carboxylic acids is 1. The van der Waals surface area contributed by atoms with Gasteiger partial charge in [-0.05, 0) is 43.4 Å². The van der Waals surface area contributed by atoms with E-state index in [0.29, 0.717) is 16.5 Å². The third-order valence-corrected chi connectivity index (χ3v) is 3.08. The van der Waals surface area contributed by atoms with Gasteiger partial charge in [0.05, 0.1) is 11.4 Å². The molecule has 0 fully saturated rings. The Morgan fingerprint density at radius 3 is 2.53 bits per heavy atom. The van der Waals surface area contributed by atoms with Gasteiger partial charge in [-0.25, -0.2) is 4.99 Å². The Balaban J connectivity index is 3.27. The molecule has 1 amide bonds. The first-order valence-electron chi connectivity index (χ1n) is 5.64. The van der Waals surface area contributed by atoms with Gasteiger partial charge < -0.3 is 5.32 Å². The summed E-state index contributed by atoms with van der Waals surface area (Å²) >= 11 is 1.33. The molecule has 0 unspecified atom stereocenters. The number of hydrogen-bond donors (Lipinski definition) is 2. The molecule has 2 N–H and O–H groups in total. The number of nitrogens with one attached hydrogen (secondary N) is 2. The molecule has 1 aromatic carbocycles. The number of thioether (sulfide) groups is 1. The number of benzene rings is 1. The molecule has 6 heteroatoms. The van der Waals surface area contributed by atoms with E-state index < -0.39 is 0 Å². The zero-order chi connectivity index (χ0) is 14.4. The molecule has 0 radical (unpaired) electrons. The summed E-state index contributed by atoms with van der Waals surface area (Å²) in [6.45, 7) is 5.39. The molecule has 5 nitrogen and oxygen atoms in total. The predicted octanol–water partition coefficient (Wildman–Crippen LogP) is 2.68. The number of amidine groups is 1. The lowest BCUT2D eigenvalue weighted by molar-refractivity contribution is -0.114. The number of anilines is 1. The van der Waals surface area contributed by atoms with Crippen LogP contribution in [-0.4, -0.2) is 17.3 Å². The van der Waals surface area contributed by atoms with Gasteiger partial charge in [0, 0.05) is 6.92 Å². The van der Waals surface area contributed by atoms with Crippen molar-refractivity contribution in [3.63, 3.8) is 0 Å². The molecule has 1 rings (SSSR count). The van der Waals surface area contributed by atoms with Crippen LogP contribution in [-0.2, 0) is 4.79 Å². The average molecular weight is 276 g/mol. The third kappa shape index (κ3) is 4.30. The summed E-state index contributed by atoms with van der Waals surface area (Å²) in [4.78, 5) is 15.6. The van der Waals surface area contributed by atoms with Crippen LogP contribution in [0, 0.1) is 25.3 Å². The molecule has 0 aliphatic heterocycles. The van der Waals surface area contributed by atoms with Crippen LogP contribution < -0.4 is 10.6 Å². The fourth-order valence-electron chi connectivity index (χ4n) is 1.47. The average Bonchev–Trinajstić information content (AvgIpc) is 2.34. The highest BCUT2D eigenvalue weighted by atomic mass is 32.2. The highest BCUT2D eigenvalue weighted by Crippen LogP contribution is 2.29. The van der Waals surface area contributed by atoms with E-state index in [4.69, 9.17) is 5.26 Å². The topological polar surface area (TPSA) is 77.3 Å². The summed E-state index contributed by atoms with van der Waals surface area (Å²) in [5.41, 5.74) is 3.42. The van der Waals surface area contributed by atoms with Crippen LogP contribution >= 0.6 is 11.8 Å². The van der Waals surface area contributed by atoms with Crippen molar-refractivity contribution < 1.29 is 4.79 Å². The number of rotatable bonds is 2. The number of carbonyl (C=O) groups is 1. The van der Waals surface area contributed by atoms with Crippen LogP contribution in [0.5, 0.6) is 0 Å². The minimum atomic E-state index is -0.154. The largest absolute Gasteiger partial charge is 0.324 e. The van der Waals surface area contributed by atoms with Crippen molar-refractivity contribution in [2.75, 3.05) is 11.6 Å². The second kappa shape index (κ2) is 6.81. The molecular formula is C13H16N4OS. The van der Waals surface area contributed by atoms with Crippen molar-refractivity contribution in [1.82, 2.24) is 5.32 Å². The van der Waals surface area contributed by atoms with Crippen LogP contribution in [0.15, 0.2) is 17.1 Å². The fourth-order valence-corrected chi connectivity index (χ4v) is 1.80. The van der Waals surface area contributed by atoms with E-state index in [2.05, 4.69) is 15.6 Å². The first-order valence-corrected chi connectivity index (χ1v) is 6.87. The molecule has 0 aliphatic carbocycles. The molecule has 0 heterocycles. The van der Waals surface area contributed by atoms with Crippen LogP contribution in [0.3, 0.4) is 0 Å². The minimum absolute atomic E-state index is 0.154. The first-order chi connectivity index (χ1) is 8.97. The van der Waals surface area contributed by atoms with Crippen LogP contribution in [0.4, 0.5) is 11.4 Å². The van der Waals surface area contributed by atoms with Gasteiger partial charge in [-0.2, -0.15) is 5.26 Å². The third-order valence-electron chi connectivity index (χ3n) is 2.50. The lowest BCUT2D eigenvalue weighted by Gasteiger charge is -2.11. The van der Waals surface area contributed by atoms with Gasteiger partial charge in [0.1, 0.15) is 0 Å². The Kier molecular flexibility index (Phi) is 5.39. The number of aryl methyl sites for hydroxylation is 2. The fraction of sp³-hybridized carbons (Fsp3) is 0.308. The van der Waals surface area contributed by atoms with E-state index in [9.17, 15) is 4.79 Å². The van der Waals surface area contributed by atoms with Gasteiger partial charge in [0.25, 0.3) is 0 Å². The summed E-state index contributed by atoms with van der Waals surface area (Å²) in [5.74, 6) is -0.154. The Morgan fingerprint density at radius 2 is 2.00 bits per heavy atom. The summed E-state index contributed by atoms with van der Waals surface area (Å²) in [5, 5.41) is 14.4. The first kappa shape index (κ1) is 15.1. The number of amides is 1. The number of aliphatic imine (C=N–C) groups is 1. The van der Waals surface area contributed by atoms with Crippen molar-refractivity contribution in [2.24, 2.45) is 4.99 Å². The quantitative estimate of drug-likeness (QED) is 0.377. The number of nitriles is 1. The molecule has 0 aromatic heterocycles. The SMILES string of the molecule is CSC(=Nc1cc(C)c(C)cc1NC(C)=O)NC#N. The van der Waals surface area contributed by atoms with E-state index in [1.807, 2.05) is 38.4 Å². The van der Waals surface area contributed by atoms with Gasteiger partial charge in [0.2, 0.25) is 5.91 Å². The summed E-state index contributed by atoms with van der Waals surface area (Å²) in [6.07, 6.45) is 3.66. The van der Waals surface area contributed by atoms with Gasteiger partial charge in [-0.15, -0.1) is 0 Å². The molecular weight excluding hydrogens is 260 g/mol. The van der Waals surface area contributed by atoms with Crippen molar-refractivity contribution in [2.45, 2.75) is 20.8 Å². The van der Waals surface area contributed by atoms with E-state index >= 15 is 0 Å². The van der Waals surface area contributed by atoms with E-state index in [-0.39, 0.29) is 5.91 Å². The molecule has 0 saturated heterocycles. The monoisotopic (exact) mass is 276 g/mol. The molecule has 0 spiro atoms. The Hall–Kier alpha value is -2.00. The van der Waals surface area contributed by atoms with Gasteiger partial charge in [-0.3, -0.25) is 10.1 Å². The lowest BCUT2D eigenvalue weighted by atomic mass is 10.1. The maximum atomic E-state index is 11.2. The molecule has 0 atom stereocenters. The Bertz CT molecular complexity index is 560. The predicted molar refractivity (Wildman–Crippen MR) is 79.6 cm³/mol. The van der Waals surface area contributed by atoms with Gasteiger partial charge >= 0.3 is 0 Å². The van der Waals surface area contributed by atoms with E-state index in [1.165, 1.54) is 18.7 Å². The number of hydrogen-bond acceptors (Lipinski definition) is 4. The highest BCUT2D eigenvalue weighted by molar-refractivity contribution is 8.13. The summed E-state index contributed by atoms with van der Waals surface area (Å²) < 4.78 is 0. The van der Waals surface area contributed by atoms with Crippen molar-refractivity contribution in [3.8, 4) is 6.19 Å². The summed E-state index contributed by atoms with van der Waals surface area (Å²) in [6, 6.07) is 3.76. The zero-order valence-electron chi connectivity index (χ0n) is 11.4. The van der Waals surface area contributed by atoms with E-state index in [0.717, 1.165) is 11.1 Å². The van der Waals surface area contributed by atoms with Crippen LogP contribution in [0.1, 0.15) is 18.1 Å². The standard InChI is InChI=1S/C13H16N4OS/c1-8-5-11(16-10(3)18)12(6-9(8)2)17-13(19-4)15-7-14/h5-6H,1-4H3,(H,15,17)(H,16,18). The molecule has 0 bridgehead atoms. The Morgan fingerprint density at radius 1 is 1.37 bits per heavy atom. The minimum Gasteiger partial charge on any atom is -0.324 e. The smallest absolute Gasteiger partial charge is 0.221 e. The normalized spacial score (nSPS) is 10.8. The van der Waals surface area contributed by atoms with E-state index in [1.54, 1.807) is 0 Å². The highest BCUT2D eigenvalue weighted by Gasteiger charge is 2.07. The van der Waals surface area contributed by atoms with Crippen LogP contribution in [0.2, 0.25) is 0 Å². The lowest BCUT2D eigenvalue weighted by Crippen LogP contribution is -2.13. The van der Waals surface area contributed by atoms with Crippen LogP contribution in [0.25, 0.3) is 0 Å². The van der Waals surface area contributed by atoms with Crippen molar-refractivity contribution >= 4 is 34.2 Å². The number of nitrogens with zero attached hydrogens (tertiary/aromatic N) is 2. The maximum Gasteiger partial charge on any atom is 0.221 e. The second-order valence-corrected chi connectivity index (χ2v) is 4.79. The van der Waals surface area contributed by atoms with Gasteiger partial charge in [0.15, 0.2) is 11.4 Å². The molecule has 0 saturated carbocycles. The van der Waals surface area contributed by atoms with Crippen molar-refractivity contribution in [3.05, 3.63) is 23.3 Å².